The van der Waals surface area contributed by atoms with Crippen molar-refractivity contribution in [3.63, 3.8) is 0 Å². The van der Waals surface area contributed by atoms with Gasteiger partial charge in [0, 0.05) is 10.9 Å². The van der Waals surface area contributed by atoms with Crippen LogP contribution in [0.3, 0.4) is 0 Å². The standard InChI is InChI=1S/C9H7BrO3/c10-5-6-1-3-7(4-2-6)8(11)9(12)13/h1-4H,5H2,(H,12,13)/p-1. The Morgan fingerprint density at radius 3 is 2.15 bits per heavy atom. The van der Waals surface area contributed by atoms with E-state index < -0.39 is 11.8 Å². The molecule has 0 fully saturated rings. The molecule has 0 bridgehead atoms. The van der Waals surface area contributed by atoms with Gasteiger partial charge in [0.2, 0.25) is 5.78 Å². The lowest BCUT2D eigenvalue weighted by atomic mass is 10.1. The van der Waals surface area contributed by atoms with Crippen molar-refractivity contribution in [1.29, 1.82) is 0 Å². The maximum Gasteiger partial charge on any atom is 0.208 e. The summed E-state index contributed by atoms with van der Waals surface area (Å²) in [5, 5.41) is 10.9. The van der Waals surface area contributed by atoms with Gasteiger partial charge in [-0.3, -0.25) is 4.79 Å². The minimum atomic E-state index is -1.67. The quantitative estimate of drug-likeness (QED) is 0.441. The molecule has 0 radical (unpaired) electrons. The van der Waals surface area contributed by atoms with E-state index in [0.717, 1.165) is 5.56 Å². The number of hydrogen-bond donors (Lipinski definition) is 0. The molecule has 1 rings (SSSR count). The molecule has 0 saturated carbocycles. The molecule has 0 saturated heterocycles. The minimum Gasteiger partial charge on any atom is -0.541 e. The van der Waals surface area contributed by atoms with Gasteiger partial charge in [0.05, 0.1) is 0 Å². The zero-order chi connectivity index (χ0) is 9.84. The largest absolute Gasteiger partial charge is 0.541 e. The number of halogens is 1. The van der Waals surface area contributed by atoms with Crippen LogP contribution in [0.25, 0.3) is 0 Å². The van der Waals surface area contributed by atoms with Gasteiger partial charge in [-0.05, 0) is 5.56 Å². The number of hydrogen-bond acceptors (Lipinski definition) is 3. The fourth-order valence-electron chi connectivity index (χ4n) is 0.863. The van der Waals surface area contributed by atoms with Gasteiger partial charge < -0.3 is 9.90 Å². The van der Waals surface area contributed by atoms with Crippen LogP contribution in [0.5, 0.6) is 0 Å². The van der Waals surface area contributed by atoms with E-state index in [-0.39, 0.29) is 5.56 Å². The Hall–Kier alpha value is -1.16. The van der Waals surface area contributed by atoms with Gasteiger partial charge in [0.25, 0.3) is 0 Å². The highest BCUT2D eigenvalue weighted by molar-refractivity contribution is 9.08. The van der Waals surface area contributed by atoms with E-state index in [1.54, 1.807) is 12.1 Å². The van der Waals surface area contributed by atoms with E-state index in [2.05, 4.69) is 15.9 Å². The smallest absolute Gasteiger partial charge is 0.208 e. The van der Waals surface area contributed by atoms with Crippen LogP contribution in [0.1, 0.15) is 15.9 Å². The van der Waals surface area contributed by atoms with Gasteiger partial charge >= 0.3 is 0 Å². The lowest BCUT2D eigenvalue weighted by Gasteiger charge is -2.01. The first-order valence-corrected chi connectivity index (χ1v) is 4.68. The van der Waals surface area contributed by atoms with Crippen LogP contribution in [0.15, 0.2) is 24.3 Å². The first-order chi connectivity index (χ1) is 6.15. The monoisotopic (exact) mass is 241 g/mol. The van der Waals surface area contributed by atoms with Gasteiger partial charge in [-0.2, -0.15) is 0 Å². The third-order valence-corrected chi connectivity index (χ3v) is 2.20. The number of carboxylic acids is 1. The number of Topliss-reactive ketones (excluding diaryl/α,β-unsaturated/α-hetero) is 1. The molecule has 0 atom stereocenters. The van der Waals surface area contributed by atoms with E-state index in [0.29, 0.717) is 5.33 Å². The van der Waals surface area contributed by atoms with Gasteiger partial charge in [0.1, 0.15) is 5.97 Å². The number of alkyl halides is 1. The first-order valence-electron chi connectivity index (χ1n) is 3.55. The predicted molar refractivity (Wildman–Crippen MR) is 48.4 cm³/mol. The lowest BCUT2D eigenvalue weighted by Crippen LogP contribution is -2.31. The molecule has 0 amide bonds. The van der Waals surface area contributed by atoms with Crippen molar-refractivity contribution >= 4 is 27.7 Å². The molecule has 68 valence electrons. The molecular weight excluding hydrogens is 236 g/mol. The molecule has 1 aromatic rings. The molecule has 0 N–H and O–H groups in total. The summed E-state index contributed by atoms with van der Waals surface area (Å²) >= 11 is 3.23. The molecule has 0 aromatic heterocycles. The molecular formula is C9H6BrO3-. The van der Waals surface area contributed by atoms with E-state index >= 15 is 0 Å². The normalized spacial score (nSPS) is 9.62. The molecule has 0 unspecified atom stereocenters. The molecule has 0 aliphatic heterocycles. The van der Waals surface area contributed by atoms with Crippen LogP contribution in [0.4, 0.5) is 0 Å². The minimum absolute atomic E-state index is 0.143. The summed E-state index contributed by atoms with van der Waals surface area (Å²) in [6, 6.07) is 6.30. The zero-order valence-corrected chi connectivity index (χ0v) is 8.21. The summed E-state index contributed by atoms with van der Waals surface area (Å²) in [5.74, 6) is -2.66. The highest BCUT2D eigenvalue weighted by atomic mass is 79.9. The molecule has 13 heavy (non-hydrogen) atoms. The Kier molecular flexibility index (Phi) is 3.19. The van der Waals surface area contributed by atoms with Gasteiger partial charge in [-0.25, -0.2) is 0 Å². The molecule has 0 aliphatic carbocycles. The van der Waals surface area contributed by atoms with E-state index in [9.17, 15) is 14.7 Å². The molecule has 3 nitrogen and oxygen atoms in total. The van der Waals surface area contributed by atoms with Crippen molar-refractivity contribution in [1.82, 2.24) is 0 Å². The average Bonchev–Trinajstić information content (AvgIpc) is 2.17. The fraction of sp³-hybridized carbons (Fsp3) is 0.111. The van der Waals surface area contributed by atoms with Crippen LogP contribution in [0.2, 0.25) is 0 Å². The van der Waals surface area contributed by atoms with Crippen LogP contribution in [0, 0.1) is 0 Å². The number of carbonyl (C=O) groups is 2. The Morgan fingerprint density at radius 2 is 1.77 bits per heavy atom. The van der Waals surface area contributed by atoms with Crippen LogP contribution < -0.4 is 5.11 Å². The molecule has 0 heterocycles. The number of ketones is 1. The zero-order valence-electron chi connectivity index (χ0n) is 6.62. The number of benzene rings is 1. The maximum absolute atomic E-state index is 10.9. The SMILES string of the molecule is O=C([O-])C(=O)c1ccc(CBr)cc1. The second-order valence-corrected chi connectivity index (χ2v) is 3.01. The van der Waals surface area contributed by atoms with E-state index in [1.807, 2.05) is 0 Å². The maximum atomic E-state index is 10.9. The van der Waals surface area contributed by atoms with Crippen molar-refractivity contribution in [2.75, 3.05) is 0 Å². The summed E-state index contributed by atoms with van der Waals surface area (Å²) in [6.45, 7) is 0. The summed E-state index contributed by atoms with van der Waals surface area (Å²) in [7, 11) is 0. The van der Waals surface area contributed by atoms with Crippen molar-refractivity contribution in [2.24, 2.45) is 0 Å². The van der Waals surface area contributed by atoms with Crippen LogP contribution >= 0.6 is 15.9 Å². The van der Waals surface area contributed by atoms with Crippen LogP contribution in [-0.2, 0) is 10.1 Å². The summed E-state index contributed by atoms with van der Waals surface area (Å²) in [5.41, 5.74) is 1.12. The number of rotatable bonds is 3. The summed E-state index contributed by atoms with van der Waals surface area (Å²) in [4.78, 5) is 21.1. The number of aliphatic carboxylic acids is 1. The molecule has 4 heteroatoms. The van der Waals surface area contributed by atoms with Crippen molar-refractivity contribution in [2.45, 2.75) is 5.33 Å². The summed E-state index contributed by atoms with van der Waals surface area (Å²) < 4.78 is 0. The Balaban J connectivity index is 2.92. The number of carbonyl (C=O) groups excluding carboxylic acids is 2. The number of carboxylic acid groups (broad SMARTS) is 1. The highest BCUT2D eigenvalue weighted by Crippen LogP contribution is 2.08. The average molecular weight is 242 g/mol. The molecule has 0 aliphatic rings. The van der Waals surface area contributed by atoms with E-state index in [1.165, 1.54) is 12.1 Å². The topological polar surface area (TPSA) is 57.2 Å². The first kappa shape index (κ1) is 9.92. The molecule has 1 aromatic carbocycles. The summed E-state index contributed by atoms with van der Waals surface area (Å²) in [6.07, 6.45) is 0. The van der Waals surface area contributed by atoms with Crippen LogP contribution in [-0.4, -0.2) is 11.8 Å². The predicted octanol–water partition coefficient (Wildman–Crippen LogP) is 0.514. The van der Waals surface area contributed by atoms with Crippen molar-refractivity contribution in [3.8, 4) is 0 Å². The van der Waals surface area contributed by atoms with Gasteiger partial charge in [0.15, 0.2) is 0 Å². The highest BCUT2D eigenvalue weighted by Gasteiger charge is 2.05. The Morgan fingerprint density at radius 1 is 1.23 bits per heavy atom. The Bertz CT molecular complexity index is 329. The second kappa shape index (κ2) is 4.18. The van der Waals surface area contributed by atoms with Gasteiger partial charge in [-0.1, -0.05) is 40.2 Å². The molecule has 0 spiro atoms. The second-order valence-electron chi connectivity index (χ2n) is 2.45. The lowest BCUT2D eigenvalue weighted by molar-refractivity contribution is -0.296. The van der Waals surface area contributed by atoms with Crippen molar-refractivity contribution < 1.29 is 14.7 Å². The third kappa shape index (κ3) is 2.39. The fourth-order valence-corrected chi connectivity index (χ4v) is 1.24. The van der Waals surface area contributed by atoms with E-state index in [4.69, 9.17) is 0 Å². The van der Waals surface area contributed by atoms with Crippen molar-refractivity contribution in [3.05, 3.63) is 35.4 Å². The Labute approximate surface area is 83.5 Å². The third-order valence-electron chi connectivity index (χ3n) is 1.56. The van der Waals surface area contributed by atoms with Gasteiger partial charge in [-0.15, -0.1) is 0 Å².